The van der Waals surface area contributed by atoms with E-state index in [1.807, 2.05) is 11.3 Å². The molecule has 1 aliphatic carbocycles. The summed E-state index contributed by atoms with van der Waals surface area (Å²) in [6, 6.07) is 8.99. The van der Waals surface area contributed by atoms with Gasteiger partial charge in [0.25, 0.3) is 0 Å². The summed E-state index contributed by atoms with van der Waals surface area (Å²) in [6.07, 6.45) is 5.57. The molecule has 102 valence electrons. The highest BCUT2D eigenvalue weighted by molar-refractivity contribution is 7.19. The minimum absolute atomic E-state index is 0.601. The lowest BCUT2D eigenvalue weighted by Gasteiger charge is -2.20. The average molecular weight is 294 g/mol. The number of nitrogens with one attached hydrogen (secondary N) is 1. The van der Waals surface area contributed by atoms with Crippen LogP contribution in [0.25, 0.3) is 10.1 Å². The third-order valence-corrected chi connectivity index (χ3v) is 6.01. The molecule has 0 bridgehead atoms. The Kier molecular flexibility index (Phi) is 4.11. The van der Waals surface area contributed by atoms with Crippen LogP contribution in [0.4, 0.5) is 0 Å². The van der Waals surface area contributed by atoms with Gasteiger partial charge in [-0.1, -0.05) is 42.6 Å². The van der Waals surface area contributed by atoms with Gasteiger partial charge in [-0.3, -0.25) is 0 Å². The lowest BCUT2D eigenvalue weighted by molar-refractivity contribution is 0.381. The van der Waals surface area contributed by atoms with E-state index in [0.717, 1.165) is 17.5 Å². The van der Waals surface area contributed by atoms with Crippen molar-refractivity contribution in [1.82, 2.24) is 5.32 Å². The van der Waals surface area contributed by atoms with Crippen LogP contribution in [0.15, 0.2) is 24.3 Å². The Bertz CT molecular complexity index is 557. The standard InChI is InChI=1S/C16H20ClNS/c1-11(12-6-2-3-7-12)18-10-15-16(17)13-8-4-5-9-14(13)19-15/h4-5,8-9,11-12,18H,2-3,6-7,10H2,1H3/t11-/m1/s1. The molecule has 3 rings (SSSR count). The van der Waals surface area contributed by atoms with Gasteiger partial charge in [-0.05, 0) is 31.7 Å². The predicted molar refractivity (Wildman–Crippen MR) is 85.1 cm³/mol. The zero-order valence-corrected chi connectivity index (χ0v) is 12.9. The molecule has 19 heavy (non-hydrogen) atoms. The predicted octanol–water partition coefficient (Wildman–Crippen LogP) is 5.22. The fourth-order valence-electron chi connectivity index (χ4n) is 3.06. The Labute approximate surface area is 124 Å². The maximum Gasteiger partial charge on any atom is 0.0636 e. The van der Waals surface area contributed by atoms with Crippen LogP contribution in [0.1, 0.15) is 37.5 Å². The van der Waals surface area contributed by atoms with E-state index in [9.17, 15) is 0 Å². The number of rotatable bonds is 4. The Morgan fingerprint density at radius 1 is 1.32 bits per heavy atom. The zero-order valence-electron chi connectivity index (χ0n) is 11.3. The molecular formula is C16H20ClNS. The van der Waals surface area contributed by atoms with Gasteiger partial charge in [-0.2, -0.15) is 0 Å². The molecule has 0 radical (unpaired) electrons. The Morgan fingerprint density at radius 3 is 2.79 bits per heavy atom. The number of hydrogen-bond donors (Lipinski definition) is 1. The van der Waals surface area contributed by atoms with E-state index in [4.69, 9.17) is 11.6 Å². The van der Waals surface area contributed by atoms with Crippen molar-refractivity contribution in [2.24, 2.45) is 5.92 Å². The zero-order chi connectivity index (χ0) is 13.2. The molecule has 1 fully saturated rings. The maximum atomic E-state index is 6.47. The normalized spacial score (nSPS) is 18.2. The molecule has 1 saturated carbocycles. The first-order valence-electron chi connectivity index (χ1n) is 7.15. The molecule has 0 aliphatic heterocycles. The van der Waals surface area contributed by atoms with Crippen molar-refractivity contribution in [3.8, 4) is 0 Å². The van der Waals surface area contributed by atoms with Crippen molar-refractivity contribution in [3.63, 3.8) is 0 Å². The van der Waals surface area contributed by atoms with E-state index in [1.54, 1.807) is 0 Å². The molecule has 1 aromatic heterocycles. The van der Waals surface area contributed by atoms with Gasteiger partial charge < -0.3 is 5.32 Å². The summed E-state index contributed by atoms with van der Waals surface area (Å²) in [7, 11) is 0. The first-order valence-corrected chi connectivity index (χ1v) is 8.34. The third kappa shape index (κ3) is 2.81. The summed E-state index contributed by atoms with van der Waals surface area (Å²) in [6.45, 7) is 3.22. The SMILES string of the molecule is C[C@@H](NCc1sc2ccccc2c1Cl)C1CCCC1. The molecule has 1 N–H and O–H groups in total. The maximum absolute atomic E-state index is 6.47. The molecule has 1 aromatic carbocycles. The van der Waals surface area contributed by atoms with Gasteiger partial charge >= 0.3 is 0 Å². The summed E-state index contributed by atoms with van der Waals surface area (Å²) in [5, 5.41) is 5.80. The summed E-state index contributed by atoms with van der Waals surface area (Å²) in [5.41, 5.74) is 0. The van der Waals surface area contributed by atoms with E-state index >= 15 is 0 Å². The van der Waals surface area contributed by atoms with E-state index in [1.165, 1.54) is 40.6 Å². The van der Waals surface area contributed by atoms with Crippen LogP contribution in [-0.2, 0) is 6.54 Å². The summed E-state index contributed by atoms with van der Waals surface area (Å²) in [5.74, 6) is 0.855. The van der Waals surface area contributed by atoms with Crippen molar-refractivity contribution in [2.75, 3.05) is 0 Å². The van der Waals surface area contributed by atoms with Gasteiger partial charge in [-0.25, -0.2) is 0 Å². The molecule has 0 amide bonds. The number of fused-ring (bicyclic) bond motifs is 1. The number of hydrogen-bond acceptors (Lipinski definition) is 2. The monoisotopic (exact) mass is 293 g/mol. The molecule has 0 spiro atoms. The summed E-state index contributed by atoms with van der Waals surface area (Å²) >= 11 is 8.28. The first-order chi connectivity index (χ1) is 9.25. The molecule has 3 heteroatoms. The van der Waals surface area contributed by atoms with Crippen LogP contribution in [0, 0.1) is 5.92 Å². The number of benzene rings is 1. The van der Waals surface area contributed by atoms with Gasteiger partial charge in [0.15, 0.2) is 0 Å². The second-order valence-corrected chi connectivity index (χ2v) is 7.06. The largest absolute Gasteiger partial charge is 0.309 e. The van der Waals surface area contributed by atoms with E-state index < -0.39 is 0 Å². The fourth-order valence-corrected chi connectivity index (χ4v) is 4.51. The highest BCUT2D eigenvalue weighted by Gasteiger charge is 2.21. The Hall–Kier alpha value is -0.570. The smallest absolute Gasteiger partial charge is 0.0636 e. The van der Waals surface area contributed by atoms with Gasteiger partial charge in [0.2, 0.25) is 0 Å². The van der Waals surface area contributed by atoms with Crippen LogP contribution in [0.2, 0.25) is 5.02 Å². The van der Waals surface area contributed by atoms with Crippen molar-refractivity contribution in [2.45, 2.75) is 45.2 Å². The first kappa shape index (κ1) is 13.4. The second-order valence-electron chi connectivity index (χ2n) is 5.55. The topological polar surface area (TPSA) is 12.0 Å². The molecule has 1 atom stereocenters. The van der Waals surface area contributed by atoms with E-state index in [-0.39, 0.29) is 0 Å². The third-order valence-electron chi connectivity index (χ3n) is 4.29. The van der Waals surface area contributed by atoms with Crippen LogP contribution >= 0.6 is 22.9 Å². The minimum Gasteiger partial charge on any atom is -0.309 e. The molecule has 2 aromatic rings. The molecule has 1 aliphatic rings. The lowest BCUT2D eigenvalue weighted by atomic mass is 10.00. The molecular weight excluding hydrogens is 274 g/mol. The molecule has 0 unspecified atom stereocenters. The number of thiophene rings is 1. The quantitative estimate of drug-likeness (QED) is 0.814. The minimum atomic E-state index is 0.601. The van der Waals surface area contributed by atoms with Crippen molar-refractivity contribution >= 4 is 33.0 Å². The van der Waals surface area contributed by atoms with E-state index in [2.05, 4.69) is 36.5 Å². The fraction of sp³-hybridized carbons (Fsp3) is 0.500. The summed E-state index contributed by atoms with van der Waals surface area (Å²) in [4.78, 5) is 1.27. The van der Waals surface area contributed by atoms with Crippen molar-refractivity contribution in [3.05, 3.63) is 34.2 Å². The van der Waals surface area contributed by atoms with E-state index in [0.29, 0.717) is 6.04 Å². The molecule has 1 heterocycles. The Balaban J connectivity index is 1.69. The molecule has 1 nitrogen and oxygen atoms in total. The van der Waals surface area contributed by atoms with Crippen LogP contribution < -0.4 is 5.32 Å². The highest BCUT2D eigenvalue weighted by atomic mass is 35.5. The average Bonchev–Trinajstić information content (AvgIpc) is 3.05. The molecule has 0 saturated heterocycles. The van der Waals surface area contributed by atoms with Crippen LogP contribution in [0.3, 0.4) is 0 Å². The van der Waals surface area contributed by atoms with Crippen molar-refractivity contribution < 1.29 is 0 Å². The second kappa shape index (κ2) is 5.82. The van der Waals surface area contributed by atoms with Gasteiger partial charge in [-0.15, -0.1) is 11.3 Å². The Morgan fingerprint density at radius 2 is 2.05 bits per heavy atom. The van der Waals surface area contributed by atoms with Crippen molar-refractivity contribution in [1.29, 1.82) is 0 Å². The number of halogens is 1. The summed E-state index contributed by atoms with van der Waals surface area (Å²) < 4.78 is 1.29. The van der Waals surface area contributed by atoms with Gasteiger partial charge in [0.05, 0.1) is 5.02 Å². The van der Waals surface area contributed by atoms with Crippen LogP contribution in [0.5, 0.6) is 0 Å². The lowest BCUT2D eigenvalue weighted by Crippen LogP contribution is -2.31. The highest BCUT2D eigenvalue weighted by Crippen LogP contribution is 2.35. The van der Waals surface area contributed by atoms with Crippen LogP contribution in [-0.4, -0.2) is 6.04 Å². The van der Waals surface area contributed by atoms with Gasteiger partial charge in [0.1, 0.15) is 0 Å². The van der Waals surface area contributed by atoms with Gasteiger partial charge in [0, 0.05) is 27.5 Å².